The van der Waals surface area contributed by atoms with E-state index in [1.165, 1.54) is 0 Å². The molecule has 0 aromatic heterocycles. The van der Waals surface area contributed by atoms with Crippen molar-refractivity contribution in [1.29, 1.82) is 0 Å². The van der Waals surface area contributed by atoms with Gasteiger partial charge < -0.3 is 16.2 Å². The minimum atomic E-state index is -0.586. The van der Waals surface area contributed by atoms with Crippen molar-refractivity contribution < 1.29 is 9.90 Å². The lowest BCUT2D eigenvalue weighted by atomic mass is 10.1. The Morgan fingerprint density at radius 3 is 2.46 bits per heavy atom. The molecule has 3 atom stereocenters. The second-order valence-corrected chi connectivity index (χ2v) is 3.46. The molecule has 0 aliphatic carbocycles. The van der Waals surface area contributed by atoms with Crippen LogP contribution in [0.15, 0.2) is 0 Å². The van der Waals surface area contributed by atoms with Crippen molar-refractivity contribution in [2.45, 2.75) is 39.3 Å². The van der Waals surface area contributed by atoms with E-state index < -0.39 is 6.10 Å². The highest BCUT2D eigenvalue weighted by Gasteiger charge is 2.13. The molecule has 0 saturated carbocycles. The maximum absolute atomic E-state index is 11.3. The third kappa shape index (κ3) is 4.85. The van der Waals surface area contributed by atoms with E-state index in [4.69, 9.17) is 10.8 Å². The second kappa shape index (κ2) is 5.94. The summed E-state index contributed by atoms with van der Waals surface area (Å²) < 4.78 is 0. The van der Waals surface area contributed by atoms with Gasteiger partial charge in [-0.15, -0.1) is 0 Å². The largest absolute Gasteiger partial charge is 0.392 e. The van der Waals surface area contributed by atoms with Gasteiger partial charge in [-0.05, 0) is 13.3 Å². The van der Waals surface area contributed by atoms with E-state index in [1.54, 1.807) is 6.92 Å². The molecule has 0 heterocycles. The van der Waals surface area contributed by atoms with Gasteiger partial charge in [-0.1, -0.05) is 13.8 Å². The number of hydrogen-bond acceptors (Lipinski definition) is 3. The summed E-state index contributed by atoms with van der Waals surface area (Å²) in [4.78, 5) is 11.3. The van der Waals surface area contributed by atoms with Crippen molar-refractivity contribution in [2.24, 2.45) is 11.7 Å². The quantitative estimate of drug-likeness (QED) is 0.562. The van der Waals surface area contributed by atoms with Crippen LogP contribution in [-0.4, -0.2) is 29.7 Å². The van der Waals surface area contributed by atoms with Crippen molar-refractivity contribution in [1.82, 2.24) is 5.32 Å². The van der Waals surface area contributed by atoms with Gasteiger partial charge in [0.1, 0.15) is 0 Å². The number of rotatable bonds is 5. The molecule has 0 saturated heterocycles. The minimum Gasteiger partial charge on any atom is -0.392 e. The van der Waals surface area contributed by atoms with Crippen molar-refractivity contribution in [3.63, 3.8) is 0 Å². The highest BCUT2D eigenvalue weighted by atomic mass is 16.3. The van der Waals surface area contributed by atoms with Gasteiger partial charge in [0.15, 0.2) is 0 Å². The second-order valence-electron chi connectivity index (χ2n) is 3.46. The zero-order valence-electron chi connectivity index (χ0n) is 8.58. The molecule has 0 rings (SSSR count). The average Bonchev–Trinajstić information content (AvgIpc) is 2.11. The Balaban J connectivity index is 3.70. The minimum absolute atomic E-state index is 0.00130. The van der Waals surface area contributed by atoms with Crippen molar-refractivity contribution in [3.8, 4) is 0 Å². The molecule has 0 aliphatic heterocycles. The van der Waals surface area contributed by atoms with E-state index >= 15 is 0 Å². The summed E-state index contributed by atoms with van der Waals surface area (Å²) in [5.41, 5.74) is 5.54. The summed E-state index contributed by atoms with van der Waals surface area (Å²) in [5, 5.41) is 11.7. The van der Waals surface area contributed by atoms with Crippen molar-refractivity contribution in [2.75, 3.05) is 6.54 Å². The number of aliphatic hydroxyl groups excluding tert-OH is 1. The van der Waals surface area contributed by atoms with E-state index in [0.29, 0.717) is 6.54 Å². The zero-order valence-corrected chi connectivity index (χ0v) is 8.58. The fraction of sp³-hybridized carbons (Fsp3) is 0.889. The SMILES string of the molecule is CCC(C)C(=O)NCC(N)C(C)O. The van der Waals surface area contributed by atoms with E-state index in [0.717, 1.165) is 6.42 Å². The summed E-state index contributed by atoms with van der Waals surface area (Å²) >= 11 is 0. The molecule has 0 radical (unpaired) electrons. The average molecular weight is 188 g/mol. The van der Waals surface area contributed by atoms with Crippen molar-refractivity contribution >= 4 is 5.91 Å². The van der Waals surface area contributed by atoms with Gasteiger partial charge in [-0.3, -0.25) is 4.79 Å². The molecule has 78 valence electrons. The summed E-state index contributed by atoms with van der Waals surface area (Å²) in [7, 11) is 0. The molecule has 13 heavy (non-hydrogen) atoms. The monoisotopic (exact) mass is 188 g/mol. The van der Waals surface area contributed by atoms with Gasteiger partial charge in [-0.25, -0.2) is 0 Å². The lowest BCUT2D eigenvalue weighted by molar-refractivity contribution is -0.124. The molecule has 1 amide bonds. The van der Waals surface area contributed by atoms with Gasteiger partial charge in [0, 0.05) is 18.5 Å². The van der Waals surface area contributed by atoms with Gasteiger partial charge in [0.2, 0.25) is 5.91 Å². The topological polar surface area (TPSA) is 75.4 Å². The van der Waals surface area contributed by atoms with Gasteiger partial charge >= 0.3 is 0 Å². The third-order valence-electron chi connectivity index (χ3n) is 2.19. The zero-order chi connectivity index (χ0) is 10.4. The van der Waals surface area contributed by atoms with Gasteiger partial charge in [0.05, 0.1) is 6.10 Å². The molecule has 0 aliphatic rings. The Labute approximate surface area is 79.5 Å². The van der Waals surface area contributed by atoms with Crippen LogP contribution in [0.5, 0.6) is 0 Å². The van der Waals surface area contributed by atoms with Crippen LogP contribution in [0, 0.1) is 5.92 Å². The van der Waals surface area contributed by atoms with Crippen LogP contribution >= 0.6 is 0 Å². The predicted molar refractivity (Wildman–Crippen MR) is 52.1 cm³/mol. The van der Waals surface area contributed by atoms with Crippen LogP contribution < -0.4 is 11.1 Å². The normalized spacial score (nSPS) is 17.6. The number of carbonyl (C=O) groups is 1. The van der Waals surface area contributed by atoms with E-state index in [-0.39, 0.29) is 17.9 Å². The Morgan fingerprint density at radius 1 is 1.54 bits per heavy atom. The first-order valence-corrected chi connectivity index (χ1v) is 4.70. The van der Waals surface area contributed by atoms with Crippen LogP contribution in [0.2, 0.25) is 0 Å². The Morgan fingerprint density at radius 2 is 2.08 bits per heavy atom. The molecule has 0 aromatic carbocycles. The van der Waals surface area contributed by atoms with E-state index in [2.05, 4.69) is 5.32 Å². The molecule has 4 nitrogen and oxygen atoms in total. The van der Waals surface area contributed by atoms with Gasteiger partial charge in [-0.2, -0.15) is 0 Å². The van der Waals surface area contributed by atoms with E-state index in [1.807, 2.05) is 13.8 Å². The van der Waals surface area contributed by atoms with Crippen LogP contribution in [0.1, 0.15) is 27.2 Å². The van der Waals surface area contributed by atoms with Crippen LogP contribution in [0.3, 0.4) is 0 Å². The first-order valence-electron chi connectivity index (χ1n) is 4.70. The summed E-state index contributed by atoms with van der Waals surface area (Å²) in [6.45, 7) is 5.77. The molecule has 4 N–H and O–H groups in total. The van der Waals surface area contributed by atoms with E-state index in [9.17, 15) is 4.79 Å². The molecule has 0 fully saturated rings. The Hall–Kier alpha value is -0.610. The number of carbonyl (C=O) groups excluding carboxylic acids is 1. The number of nitrogens with one attached hydrogen (secondary N) is 1. The maximum atomic E-state index is 11.3. The number of aliphatic hydroxyl groups is 1. The number of nitrogens with two attached hydrogens (primary N) is 1. The van der Waals surface area contributed by atoms with Crippen molar-refractivity contribution in [3.05, 3.63) is 0 Å². The fourth-order valence-electron chi connectivity index (χ4n) is 0.749. The lowest BCUT2D eigenvalue weighted by Gasteiger charge is -2.16. The summed E-state index contributed by atoms with van der Waals surface area (Å²) in [6, 6.07) is -0.381. The first-order chi connectivity index (χ1) is 5.99. The maximum Gasteiger partial charge on any atom is 0.222 e. The van der Waals surface area contributed by atoms with Crippen LogP contribution in [0.25, 0.3) is 0 Å². The molecule has 0 aromatic rings. The highest BCUT2D eigenvalue weighted by Crippen LogP contribution is 1.99. The third-order valence-corrected chi connectivity index (χ3v) is 2.19. The molecular formula is C9H20N2O2. The summed E-state index contributed by atoms with van der Waals surface area (Å²) in [6.07, 6.45) is 0.229. The highest BCUT2D eigenvalue weighted by molar-refractivity contribution is 5.78. The van der Waals surface area contributed by atoms with Gasteiger partial charge in [0.25, 0.3) is 0 Å². The lowest BCUT2D eigenvalue weighted by Crippen LogP contribution is -2.44. The fourth-order valence-corrected chi connectivity index (χ4v) is 0.749. The molecule has 3 unspecified atom stereocenters. The first kappa shape index (κ1) is 12.4. The predicted octanol–water partition coefficient (Wildman–Crippen LogP) is -0.143. The number of hydrogen-bond donors (Lipinski definition) is 3. The standard InChI is InChI=1S/C9H20N2O2/c1-4-6(2)9(13)11-5-8(10)7(3)12/h6-8,12H,4-5,10H2,1-3H3,(H,11,13). The van der Waals surface area contributed by atoms with Crippen LogP contribution in [0.4, 0.5) is 0 Å². The molecule has 0 spiro atoms. The molecule has 4 heteroatoms. The summed E-state index contributed by atoms with van der Waals surface area (Å²) in [5.74, 6) is 0.0137. The smallest absolute Gasteiger partial charge is 0.222 e. The Kier molecular flexibility index (Phi) is 5.66. The molecule has 0 bridgehead atoms. The van der Waals surface area contributed by atoms with Crippen LogP contribution in [-0.2, 0) is 4.79 Å². The molecular weight excluding hydrogens is 168 g/mol. The number of amides is 1. The Bertz CT molecular complexity index is 160.